The van der Waals surface area contributed by atoms with Crippen molar-refractivity contribution >= 4 is 22.6 Å². The third kappa shape index (κ3) is 2.89. The minimum atomic E-state index is -4.42. The average molecular weight is 398 g/mol. The summed E-state index contributed by atoms with van der Waals surface area (Å²) < 4.78 is 39.7. The van der Waals surface area contributed by atoms with Gasteiger partial charge in [-0.3, -0.25) is 14.3 Å². The number of H-pyrrole nitrogens is 1. The smallest absolute Gasteiger partial charge is 0.292 e. The van der Waals surface area contributed by atoms with E-state index in [2.05, 4.69) is 4.98 Å². The van der Waals surface area contributed by atoms with E-state index in [1.54, 1.807) is 29.5 Å². The minimum absolute atomic E-state index is 0.248. The Labute approximate surface area is 125 Å². The van der Waals surface area contributed by atoms with Crippen LogP contribution in [0.15, 0.2) is 39.1 Å². The van der Waals surface area contributed by atoms with E-state index in [0.29, 0.717) is 5.57 Å². The molecule has 0 fully saturated rings. The number of hydrogen-bond donors (Lipinski definition) is 1. The number of aromatic amines is 1. The monoisotopic (exact) mass is 398 g/mol. The quantitative estimate of drug-likeness (QED) is 0.740. The second kappa shape index (κ2) is 5.23. The van der Waals surface area contributed by atoms with E-state index in [1.165, 1.54) is 12.3 Å². The highest BCUT2D eigenvalue weighted by atomic mass is 127. The molecule has 1 aliphatic carbocycles. The van der Waals surface area contributed by atoms with Crippen LogP contribution in [0.25, 0.3) is 0 Å². The Morgan fingerprint density at radius 3 is 2.60 bits per heavy atom. The zero-order valence-electron chi connectivity index (χ0n) is 10.3. The molecule has 1 heterocycles. The number of nitrogens with zero attached hydrogens (tertiary/aromatic N) is 1. The molecule has 0 amide bonds. The molecule has 0 radical (unpaired) electrons. The fourth-order valence-electron chi connectivity index (χ4n) is 2.00. The normalized spacial score (nSPS) is 19.6. The van der Waals surface area contributed by atoms with Crippen molar-refractivity contribution in [2.45, 2.75) is 25.6 Å². The predicted octanol–water partition coefficient (Wildman–Crippen LogP) is 2.52. The van der Waals surface area contributed by atoms with Crippen molar-refractivity contribution < 1.29 is 13.2 Å². The molecular formula is C12H10F3IN2O2. The Hall–Kier alpha value is -1.32. The number of rotatable bonds is 1. The van der Waals surface area contributed by atoms with Gasteiger partial charge < -0.3 is 0 Å². The van der Waals surface area contributed by atoms with Gasteiger partial charge in [-0.05, 0) is 29.5 Å². The van der Waals surface area contributed by atoms with Gasteiger partial charge >= 0.3 is 11.9 Å². The average Bonchev–Trinajstić information content (AvgIpc) is 2.33. The van der Waals surface area contributed by atoms with Gasteiger partial charge in [0.25, 0.3) is 5.56 Å². The predicted molar refractivity (Wildman–Crippen MR) is 75.6 cm³/mol. The largest absolute Gasteiger partial charge is 0.412 e. The summed E-state index contributed by atoms with van der Waals surface area (Å²) in [6.07, 6.45) is -1.10. The highest BCUT2D eigenvalue weighted by molar-refractivity contribution is 14.1. The Kier molecular flexibility index (Phi) is 3.94. The first-order valence-corrected chi connectivity index (χ1v) is 6.73. The van der Waals surface area contributed by atoms with Crippen molar-refractivity contribution in [3.05, 3.63) is 53.9 Å². The molecule has 1 aromatic rings. The minimum Gasteiger partial charge on any atom is -0.292 e. The van der Waals surface area contributed by atoms with E-state index in [4.69, 9.17) is 0 Å². The van der Waals surface area contributed by atoms with Crippen molar-refractivity contribution in [3.8, 4) is 0 Å². The number of alkyl halides is 3. The second-order valence-electron chi connectivity index (χ2n) is 4.46. The molecule has 0 bridgehead atoms. The van der Waals surface area contributed by atoms with Gasteiger partial charge in [0.15, 0.2) is 0 Å². The zero-order valence-corrected chi connectivity index (χ0v) is 12.4. The lowest BCUT2D eigenvalue weighted by Crippen LogP contribution is -2.35. The van der Waals surface area contributed by atoms with E-state index < -0.39 is 29.0 Å². The van der Waals surface area contributed by atoms with Gasteiger partial charge in [-0.15, -0.1) is 0 Å². The molecule has 20 heavy (non-hydrogen) atoms. The fourth-order valence-corrected chi connectivity index (χ4v) is 2.44. The lowest BCUT2D eigenvalue weighted by molar-refractivity contribution is -0.0950. The lowest BCUT2D eigenvalue weighted by Gasteiger charge is -2.25. The van der Waals surface area contributed by atoms with Gasteiger partial charge in [-0.25, -0.2) is 4.79 Å². The SMILES string of the molecule is CC1=CC=C(C(F)(F)F)CC1n1cc(I)c(=O)[nH]c1=O. The number of allylic oxidation sites excluding steroid dienone is 4. The Balaban J connectivity index is 2.48. The zero-order chi connectivity index (χ0) is 15.1. The molecule has 4 nitrogen and oxygen atoms in total. The summed E-state index contributed by atoms with van der Waals surface area (Å²) in [5.74, 6) is 0. The topological polar surface area (TPSA) is 54.9 Å². The third-order valence-corrected chi connectivity index (χ3v) is 3.88. The van der Waals surface area contributed by atoms with Gasteiger partial charge in [0.05, 0.1) is 9.61 Å². The van der Waals surface area contributed by atoms with Crippen LogP contribution in [0.1, 0.15) is 19.4 Å². The molecule has 0 aliphatic heterocycles. The van der Waals surface area contributed by atoms with Gasteiger partial charge in [0.2, 0.25) is 0 Å². The summed E-state index contributed by atoms with van der Waals surface area (Å²) >= 11 is 1.73. The van der Waals surface area contributed by atoms with Gasteiger partial charge in [0, 0.05) is 18.2 Å². The van der Waals surface area contributed by atoms with Crippen LogP contribution in [0.5, 0.6) is 0 Å². The number of aromatic nitrogens is 2. The van der Waals surface area contributed by atoms with Crippen molar-refractivity contribution in [1.29, 1.82) is 0 Å². The fraction of sp³-hybridized carbons (Fsp3) is 0.333. The molecule has 108 valence electrons. The molecule has 1 unspecified atom stereocenters. The van der Waals surface area contributed by atoms with Crippen LogP contribution in [0.3, 0.4) is 0 Å². The summed E-state index contributed by atoms with van der Waals surface area (Å²) in [4.78, 5) is 25.2. The third-order valence-electron chi connectivity index (χ3n) is 3.11. The standard InChI is InChI=1S/C12H10F3IN2O2/c1-6-2-3-7(12(13,14)15)4-9(6)18-5-8(16)10(19)17-11(18)20/h2-3,5,9H,4H2,1H3,(H,17,19,20). The number of nitrogens with one attached hydrogen (secondary N) is 1. The van der Waals surface area contributed by atoms with Crippen molar-refractivity contribution in [2.24, 2.45) is 0 Å². The van der Waals surface area contributed by atoms with Crippen LogP contribution >= 0.6 is 22.6 Å². The summed E-state index contributed by atoms with van der Waals surface area (Å²) in [5, 5.41) is 0. The lowest BCUT2D eigenvalue weighted by atomic mass is 9.93. The molecule has 0 spiro atoms. The van der Waals surface area contributed by atoms with Crippen LogP contribution in [-0.4, -0.2) is 15.7 Å². The number of hydrogen-bond acceptors (Lipinski definition) is 2. The van der Waals surface area contributed by atoms with Gasteiger partial charge in [-0.1, -0.05) is 17.7 Å². The Morgan fingerprint density at radius 2 is 2.00 bits per heavy atom. The first-order valence-electron chi connectivity index (χ1n) is 5.65. The molecule has 0 saturated heterocycles. The molecular weight excluding hydrogens is 388 g/mol. The highest BCUT2D eigenvalue weighted by Crippen LogP contribution is 2.37. The second-order valence-corrected chi connectivity index (χ2v) is 5.63. The summed E-state index contributed by atoms with van der Waals surface area (Å²) in [5.41, 5.74) is -1.32. The van der Waals surface area contributed by atoms with E-state index in [-0.39, 0.29) is 9.99 Å². The molecule has 1 N–H and O–H groups in total. The van der Waals surface area contributed by atoms with Crippen LogP contribution in [0, 0.1) is 3.57 Å². The van der Waals surface area contributed by atoms with E-state index in [9.17, 15) is 22.8 Å². The van der Waals surface area contributed by atoms with E-state index in [1.807, 2.05) is 0 Å². The van der Waals surface area contributed by atoms with Gasteiger partial charge in [0.1, 0.15) is 0 Å². The Bertz CT molecular complexity index is 713. The van der Waals surface area contributed by atoms with Crippen LogP contribution < -0.4 is 11.2 Å². The highest BCUT2D eigenvalue weighted by Gasteiger charge is 2.36. The molecule has 2 rings (SSSR count). The molecule has 1 atom stereocenters. The maximum atomic E-state index is 12.8. The number of halogens is 4. The van der Waals surface area contributed by atoms with Crippen molar-refractivity contribution in [3.63, 3.8) is 0 Å². The maximum absolute atomic E-state index is 12.8. The van der Waals surface area contributed by atoms with E-state index >= 15 is 0 Å². The molecule has 1 aromatic heterocycles. The van der Waals surface area contributed by atoms with Crippen LogP contribution in [0.4, 0.5) is 13.2 Å². The summed E-state index contributed by atoms with van der Waals surface area (Å²) in [7, 11) is 0. The Morgan fingerprint density at radius 1 is 1.35 bits per heavy atom. The molecule has 8 heteroatoms. The van der Waals surface area contributed by atoms with Crippen LogP contribution in [0.2, 0.25) is 0 Å². The summed E-state index contributed by atoms with van der Waals surface area (Å²) in [6, 6.07) is -0.741. The molecule has 0 aromatic carbocycles. The van der Waals surface area contributed by atoms with Crippen molar-refractivity contribution in [1.82, 2.24) is 9.55 Å². The maximum Gasteiger partial charge on any atom is 0.412 e. The molecule has 0 saturated carbocycles. The first kappa shape index (κ1) is 15.1. The van der Waals surface area contributed by atoms with Crippen molar-refractivity contribution in [2.75, 3.05) is 0 Å². The van der Waals surface area contributed by atoms with Gasteiger partial charge in [-0.2, -0.15) is 13.2 Å². The molecule has 1 aliphatic rings. The van der Waals surface area contributed by atoms with E-state index in [0.717, 1.165) is 10.6 Å². The summed E-state index contributed by atoms with van der Waals surface area (Å²) in [6.45, 7) is 1.65. The first-order chi connectivity index (χ1) is 9.20. The van der Waals surface area contributed by atoms with Crippen LogP contribution in [-0.2, 0) is 0 Å².